The van der Waals surface area contributed by atoms with Crippen molar-refractivity contribution < 1.29 is 9.18 Å². The standard InChI is InChI=1S/C10H13FN4O/c11-8-1-2-9(13-7-8)14-3-5-15(6-4-14)10(12)16/h1-2,7H,3-6H2,(H2,12,16). The highest BCUT2D eigenvalue weighted by Gasteiger charge is 2.19. The SMILES string of the molecule is NC(=O)N1CCN(c2ccc(F)cn2)CC1. The molecule has 0 atom stereocenters. The average molecular weight is 224 g/mol. The minimum atomic E-state index is -0.397. The zero-order valence-electron chi connectivity index (χ0n) is 8.77. The molecule has 2 N–H and O–H groups in total. The predicted molar refractivity (Wildman–Crippen MR) is 57.6 cm³/mol. The number of urea groups is 1. The summed E-state index contributed by atoms with van der Waals surface area (Å²) in [4.78, 5) is 18.5. The van der Waals surface area contributed by atoms with Crippen LogP contribution in [0.4, 0.5) is 15.0 Å². The van der Waals surface area contributed by atoms with E-state index in [9.17, 15) is 9.18 Å². The van der Waals surface area contributed by atoms with Gasteiger partial charge in [0.1, 0.15) is 11.6 Å². The van der Waals surface area contributed by atoms with E-state index in [-0.39, 0.29) is 5.82 Å². The molecule has 0 aliphatic carbocycles. The van der Waals surface area contributed by atoms with Crippen molar-refractivity contribution in [3.8, 4) is 0 Å². The lowest BCUT2D eigenvalue weighted by Gasteiger charge is -2.34. The summed E-state index contributed by atoms with van der Waals surface area (Å²) in [6.07, 6.45) is 1.19. The second kappa shape index (κ2) is 4.34. The van der Waals surface area contributed by atoms with E-state index in [2.05, 4.69) is 4.98 Å². The molecule has 2 amide bonds. The summed E-state index contributed by atoms with van der Waals surface area (Å²) in [5.41, 5.74) is 5.17. The van der Waals surface area contributed by atoms with Gasteiger partial charge in [0.2, 0.25) is 0 Å². The third-order valence-corrected chi connectivity index (χ3v) is 2.63. The van der Waals surface area contributed by atoms with Crippen LogP contribution >= 0.6 is 0 Å². The van der Waals surface area contributed by atoms with Crippen LogP contribution in [0.1, 0.15) is 0 Å². The summed E-state index contributed by atoms with van der Waals surface area (Å²) in [6.45, 7) is 2.49. The number of rotatable bonds is 1. The van der Waals surface area contributed by atoms with Crippen molar-refractivity contribution in [3.63, 3.8) is 0 Å². The number of anilines is 1. The number of primary amides is 1. The maximum Gasteiger partial charge on any atom is 0.314 e. The summed E-state index contributed by atoms with van der Waals surface area (Å²) >= 11 is 0. The number of hydrogen-bond acceptors (Lipinski definition) is 3. The lowest BCUT2D eigenvalue weighted by Crippen LogP contribution is -2.50. The van der Waals surface area contributed by atoms with Gasteiger partial charge in [0.15, 0.2) is 0 Å². The van der Waals surface area contributed by atoms with Crippen molar-refractivity contribution in [1.82, 2.24) is 9.88 Å². The van der Waals surface area contributed by atoms with Gasteiger partial charge >= 0.3 is 6.03 Å². The minimum absolute atomic E-state index is 0.348. The molecule has 86 valence electrons. The Bertz CT molecular complexity index is 373. The molecular weight excluding hydrogens is 211 g/mol. The Morgan fingerprint density at radius 2 is 2.00 bits per heavy atom. The van der Waals surface area contributed by atoms with E-state index < -0.39 is 6.03 Å². The van der Waals surface area contributed by atoms with Crippen LogP contribution in [0.3, 0.4) is 0 Å². The van der Waals surface area contributed by atoms with E-state index in [0.717, 1.165) is 5.82 Å². The predicted octanol–water partition coefficient (Wildman–Crippen LogP) is 0.421. The molecule has 1 saturated heterocycles. The van der Waals surface area contributed by atoms with E-state index in [4.69, 9.17) is 5.73 Å². The third kappa shape index (κ3) is 2.21. The molecule has 0 bridgehead atoms. The lowest BCUT2D eigenvalue weighted by atomic mass is 10.3. The number of pyridine rings is 1. The monoisotopic (exact) mass is 224 g/mol. The lowest BCUT2D eigenvalue weighted by molar-refractivity contribution is 0.204. The Labute approximate surface area is 92.7 Å². The van der Waals surface area contributed by atoms with Gasteiger partial charge in [0, 0.05) is 26.2 Å². The highest BCUT2D eigenvalue weighted by Crippen LogP contribution is 2.13. The van der Waals surface area contributed by atoms with Crippen LogP contribution in [-0.2, 0) is 0 Å². The van der Waals surface area contributed by atoms with Gasteiger partial charge in [-0.2, -0.15) is 0 Å². The van der Waals surface area contributed by atoms with Crippen LogP contribution in [0.25, 0.3) is 0 Å². The van der Waals surface area contributed by atoms with Crippen LogP contribution in [-0.4, -0.2) is 42.1 Å². The molecule has 1 aromatic rings. The normalized spacial score (nSPS) is 16.3. The number of halogens is 1. The first kappa shape index (κ1) is 10.7. The third-order valence-electron chi connectivity index (χ3n) is 2.63. The Morgan fingerprint density at radius 3 is 2.50 bits per heavy atom. The highest BCUT2D eigenvalue weighted by molar-refractivity contribution is 5.72. The van der Waals surface area contributed by atoms with Crippen LogP contribution in [0.15, 0.2) is 18.3 Å². The number of piperazine rings is 1. The number of carbonyl (C=O) groups excluding carboxylic acids is 1. The van der Waals surface area contributed by atoms with E-state index >= 15 is 0 Å². The largest absolute Gasteiger partial charge is 0.353 e. The molecule has 1 aliphatic rings. The second-order valence-corrected chi connectivity index (χ2v) is 3.65. The van der Waals surface area contributed by atoms with E-state index in [1.807, 2.05) is 4.90 Å². The van der Waals surface area contributed by atoms with Crippen LogP contribution < -0.4 is 10.6 Å². The number of nitrogens with two attached hydrogens (primary N) is 1. The maximum atomic E-state index is 12.7. The van der Waals surface area contributed by atoms with Gasteiger partial charge in [-0.1, -0.05) is 0 Å². The summed E-state index contributed by atoms with van der Waals surface area (Å²) in [5.74, 6) is 0.380. The molecule has 0 radical (unpaired) electrons. The number of nitrogens with zero attached hydrogens (tertiary/aromatic N) is 3. The van der Waals surface area contributed by atoms with E-state index in [1.165, 1.54) is 12.3 Å². The van der Waals surface area contributed by atoms with Gasteiger partial charge in [0.25, 0.3) is 0 Å². The minimum Gasteiger partial charge on any atom is -0.353 e. The highest BCUT2D eigenvalue weighted by atomic mass is 19.1. The smallest absolute Gasteiger partial charge is 0.314 e. The van der Waals surface area contributed by atoms with Gasteiger partial charge in [-0.15, -0.1) is 0 Å². The Hall–Kier alpha value is -1.85. The molecule has 2 rings (SSSR count). The Kier molecular flexibility index (Phi) is 2.89. The summed E-state index contributed by atoms with van der Waals surface area (Å²) in [5, 5.41) is 0. The zero-order valence-corrected chi connectivity index (χ0v) is 8.77. The molecule has 0 unspecified atom stereocenters. The first-order valence-electron chi connectivity index (χ1n) is 5.08. The van der Waals surface area contributed by atoms with Gasteiger partial charge in [-0.25, -0.2) is 14.2 Å². The van der Waals surface area contributed by atoms with Crippen molar-refractivity contribution in [2.24, 2.45) is 5.73 Å². The first-order valence-corrected chi connectivity index (χ1v) is 5.08. The quantitative estimate of drug-likeness (QED) is 0.752. The number of hydrogen-bond donors (Lipinski definition) is 1. The zero-order chi connectivity index (χ0) is 11.5. The second-order valence-electron chi connectivity index (χ2n) is 3.65. The molecule has 5 nitrogen and oxygen atoms in total. The van der Waals surface area contributed by atoms with Crippen LogP contribution in [0.5, 0.6) is 0 Å². The molecule has 1 aromatic heterocycles. The van der Waals surface area contributed by atoms with Gasteiger partial charge in [-0.3, -0.25) is 0 Å². The Morgan fingerprint density at radius 1 is 1.31 bits per heavy atom. The van der Waals surface area contributed by atoms with Crippen molar-refractivity contribution in [2.45, 2.75) is 0 Å². The van der Waals surface area contributed by atoms with Gasteiger partial charge < -0.3 is 15.5 Å². The molecule has 16 heavy (non-hydrogen) atoms. The fourth-order valence-electron chi connectivity index (χ4n) is 1.71. The fraction of sp³-hybridized carbons (Fsp3) is 0.400. The first-order chi connectivity index (χ1) is 7.66. The van der Waals surface area contributed by atoms with Crippen molar-refractivity contribution in [2.75, 3.05) is 31.1 Å². The van der Waals surface area contributed by atoms with Crippen LogP contribution in [0.2, 0.25) is 0 Å². The average Bonchev–Trinajstić information content (AvgIpc) is 2.30. The maximum absolute atomic E-state index is 12.7. The summed E-state index contributed by atoms with van der Waals surface area (Å²) in [7, 11) is 0. The number of aromatic nitrogens is 1. The fourth-order valence-corrected chi connectivity index (χ4v) is 1.71. The number of amides is 2. The van der Waals surface area contributed by atoms with Crippen molar-refractivity contribution in [3.05, 3.63) is 24.1 Å². The van der Waals surface area contributed by atoms with E-state index in [1.54, 1.807) is 11.0 Å². The molecule has 2 heterocycles. The molecule has 0 saturated carbocycles. The summed E-state index contributed by atoms with van der Waals surface area (Å²) in [6, 6.07) is 2.62. The molecular formula is C10H13FN4O. The van der Waals surface area contributed by atoms with Crippen molar-refractivity contribution >= 4 is 11.8 Å². The molecule has 1 aliphatic heterocycles. The van der Waals surface area contributed by atoms with Gasteiger partial charge in [-0.05, 0) is 12.1 Å². The molecule has 1 fully saturated rings. The molecule has 0 spiro atoms. The Balaban J connectivity index is 1.99. The van der Waals surface area contributed by atoms with E-state index in [0.29, 0.717) is 26.2 Å². The number of carbonyl (C=O) groups is 1. The molecule has 0 aromatic carbocycles. The topological polar surface area (TPSA) is 62.5 Å². The van der Waals surface area contributed by atoms with Crippen molar-refractivity contribution in [1.29, 1.82) is 0 Å². The van der Waals surface area contributed by atoms with Gasteiger partial charge in [0.05, 0.1) is 6.20 Å². The molecule has 6 heteroatoms. The van der Waals surface area contributed by atoms with Crippen LogP contribution in [0, 0.1) is 5.82 Å². The summed E-state index contributed by atoms with van der Waals surface area (Å²) < 4.78 is 12.7.